The number of aliphatic imine (C=N–C) groups is 1. The summed E-state index contributed by atoms with van der Waals surface area (Å²) in [6.07, 6.45) is 7.75. The Labute approximate surface area is 164 Å². The molecule has 0 aliphatic heterocycles. The van der Waals surface area contributed by atoms with E-state index in [1.54, 1.807) is 6.26 Å². The van der Waals surface area contributed by atoms with Crippen LogP contribution in [0.15, 0.2) is 63.0 Å². The molecule has 1 aromatic heterocycles. The molecule has 0 saturated heterocycles. The van der Waals surface area contributed by atoms with E-state index >= 15 is 0 Å². The second-order valence-corrected chi connectivity index (χ2v) is 5.87. The number of nitrogens with one attached hydrogen (secondary N) is 2. The van der Waals surface area contributed by atoms with Gasteiger partial charge in [-0.3, -0.25) is 4.99 Å². The van der Waals surface area contributed by atoms with Crippen LogP contribution in [0.1, 0.15) is 5.76 Å². The van der Waals surface area contributed by atoms with Gasteiger partial charge in [-0.25, -0.2) is 0 Å². The van der Waals surface area contributed by atoms with Gasteiger partial charge in [-0.15, -0.1) is 42.2 Å². The fourth-order valence-corrected chi connectivity index (χ4v) is 2.69. The molecule has 2 rings (SSSR count). The third-order valence-corrected chi connectivity index (χ3v) is 3.99. The molecule has 0 fully saturated rings. The Kier molecular flexibility index (Phi) is 10.9. The van der Waals surface area contributed by atoms with Gasteiger partial charge in [-0.05, 0) is 24.3 Å². The Morgan fingerprint density at radius 1 is 1.17 bits per heavy atom. The van der Waals surface area contributed by atoms with Crippen molar-refractivity contribution in [2.75, 3.05) is 25.4 Å². The maximum atomic E-state index is 5.30. The standard InChI is InChI=1S/C18H21N3OS.HI/c1-2-11-19-18(20-12-10-16-7-6-14-22-16)21-13-15-23-17-8-4-3-5-9-17;/h1,3-9,14H,10-13,15H2,(H2,19,20,21);1H. The van der Waals surface area contributed by atoms with E-state index in [9.17, 15) is 0 Å². The molecule has 6 heteroatoms. The Hall–Kier alpha value is -1.59. The summed E-state index contributed by atoms with van der Waals surface area (Å²) < 4.78 is 5.30. The van der Waals surface area contributed by atoms with Gasteiger partial charge >= 0.3 is 0 Å². The van der Waals surface area contributed by atoms with Gasteiger partial charge in [-0.2, -0.15) is 0 Å². The zero-order chi connectivity index (χ0) is 16.2. The molecule has 0 saturated carbocycles. The number of hydrogen-bond donors (Lipinski definition) is 2. The molecule has 4 nitrogen and oxygen atoms in total. The van der Waals surface area contributed by atoms with Crippen LogP contribution in [0, 0.1) is 12.3 Å². The van der Waals surface area contributed by atoms with E-state index in [1.807, 2.05) is 42.1 Å². The first-order valence-electron chi connectivity index (χ1n) is 7.54. The highest BCUT2D eigenvalue weighted by Gasteiger charge is 1.99. The van der Waals surface area contributed by atoms with E-state index in [2.05, 4.69) is 33.7 Å². The second-order valence-electron chi connectivity index (χ2n) is 4.71. The maximum absolute atomic E-state index is 5.30. The number of thioether (sulfide) groups is 1. The highest BCUT2D eigenvalue weighted by molar-refractivity contribution is 14.0. The van der Waals surface area contributed by atoms with Crippen LogP contribution < -0.4 is 10.6 Å². The molecule has 128 valence electrons. The predicted molar refractivity (Wildman–Crippen MR) is 112 cm³/mol. The second kappa shape index (κ2) is 12.8. The Morgan fingerprint density at radius 3 is 2.71 bits per heavy atom. The fourth-order valence-electron chi connectivity index (χ4n) is 1.90. The lowest BCUT2D eigenvalue weighted by Crippen LogP contribution is -2.38. The summed E-state index contributed by atoms with van der Waals surface area (Å²) in [5.41, 5.74) is 0. The van der Waals surface area contributed by atoms with E-state index in [-0.39, 0.29) is 24.0 Å². The third kappa shape index (κ3) is 8.31. The molecule has 0 unspecified atom stereocenters. The van der Waals surface area contributed by atoms with Crippen molar-refractivity contribution < 1.29 is 4.42 Å². The van der Waals surface area contributed by atoms with Gasteiger partial charge in [0.05, 0.1) is 12.8 Å². The summed E-state index contributed by atoms with van der Waals surface area (Å²) in [5.74, 6) is 5.19. The average Bonchev–Trinajstić information content (AvgIpc) is 3.10. The Morgan fingerprint density at radius 2 is 2.00 bits per heavy atom. The Balaban J connectivity index is 0.00000288. The van der Waals surface area contributed by atoms with Crippen LogP contribution in [0.5, 0.6) is 0 Å². The SMILES string of the molecule is C#CCNC(=NCCc1ccco1)NCCSc1ccccc1.I. The maximum Gasteiger partial charge on any atom is 0.192 e. The first-order chi connectivity index (χ1) is 11.4. The van der Waals surface area contributed by atoms with Crippen LogP contribution in [-0.2, 0) is 6.42 Å². The molecule has 2 aromatic rings. The van der Waals surface area contributed by atoms with Crippen LogP contribution in [0.25, 0.3) is 0 Å². The number of benzene rings is 1. The summed E-state index contributed by atoms with van der Waals surface area (Å²) >= 11 is 1.81. The molecule has 0 atom stereocenters. The molecule has 0 bridgehead atoms. The van der Waals surface area contributed by atoms with Crippen molar-refractivity contribution in [2.24, 2.45) is 4.99 Å². The normalized spacial score (nSPS) is 10.5. The number of furan rings is 1. The molecular weight excluding hydrogens is 433 g/mol. The highest BCUT2D eigenvalue weighted by atomic mass is 127. The Bertz CT molecular complexity index is 623. The number of rotatable bonds is 8. The number of guanidine groups is 1. The van der Waals surface area contributed by atoms with Crippen molar-refractivity contribution in [3.63, 3.8) is 0 Å². The van der Waals surface area contributed by atoms with Crippen molar-refractivity contribution in [3.05, 3.63) is 54.5 Å². The van der Waals surface area contributed by atoms with Crippen LogP contribution in [0.3, 0.4) is 0 Å². The van der Waals surface area contributed by atoms with Crippen molar-refractivity contribution >= 4 is 41.7 Å². The quantitative estimate of drug-likeness (QED) is 0.160. The van der Waals surface area contributed by atoms with Gasteiger partial charge in [-0.1, -0.05) is 24.1 Å². The topological polar surface area (TPSA) is 49.6 Å². The third-order valence-electron chi connectivity index (χ3n) is 2.97. The first-order valence-corrected chi connectivity index (χ1v) is 8.53. The van der Waals surface area contributed by atoms with Gasteiger partial charge in [0.15, 0.2) is 5.96 Å². The molecule has 1 aromatic carbocycles. The summed E-state index contributed by atoms with van der Waals surface area (Å²) in [6.45, 7) is 1.92. The molecule has 1 heterocycles. The van der Waals surface area contributed by atoms with Crippen LogP contribution in [-0.4, -0.2) is 31.3 Å². The summed E-state index contributed by atoms with van der Waals surface area (Å²) in [5, 5.41) is 6.41. The van der Waals surface area contributed by atoms with Gasteiger partial charge < -0.3 is 15.1 Å². The van der Waals surface area contributed by atoms with Crippen molar-refractivity contribution in [2.45, 2.75) is 11.3 Å². The van der Waals surface area contributed by atoms with E-state index in [0.29, 0.717) is 13.1 Å². The largest absolute Gasteiger partial charge is 0.469 e. The van der Waals surface area contributed by atoms with Crippen LogP contribution in [0.2, 0.25) is 0 Å². The molecule has 24 heavy (non-hydrogen) atoms. The highest BCUT2D eigenvalue weighted by Crippen LogP contribution is 2.15. The summed E-state index contributed by atoms with van der Waals surface area (Å²) in [7, 11) is 0. The monoisotopic (exact) mass is 455 g/mol. The fraction of sp³-hybridized carbons (Fsp3) is 0.278. The van der Waals surface area contributed by atoms with Gasteiger partial charge in [0.1, 0.15) is 5.76 Å². The number of nitrogens with zero attached hydrogens (tertiary/aromatic N) is 1. The number of halogens is 1. The van der Waals surface area contributed by atoms with E-state index in [4.69, 9.17) is 10.8 Å². The molecule has 0 radical (unpaired) electrons. The predicted octanol–water partition coefficient (Wildman–Crippen LogP) is 3.40. The average molecular weight is 455 g/mol. The lowest BCUT2D eigenvalue weighted by Gasteiger charge is -2.10. The van der Waals surface area contributed by atoms with Gasteiger partial charge in [0.2, 0.25) is 0 Å². The number of hydrogen-bond acceptors (Lipinski definition) is 3. The van der Waals surface area contributed by atoms with Gasteiger partial charge in [0, 0.05) is 30.2 Å². The van der Waals surface area contributed by atoms with Crippen LogP contribution in [0.4, 0.5) is 0 Å². The van der Waals surface area contributed by atoms with Crippen molar-refractivity contribution in [1.29, 1.82) is 0 Å². The van der Waals surface area contributed by atoms with Crippen molar-refractivity contribution in [3.8, 4) is 12.3 Å². The minimum Gasteiger partial charge on any atom is -0.469 e. The van der Waals surface area contributed by atoms with Crippen LogP contribution >= 0.6 is 35.7 Å². The minimum absolute atomic E-state index is 0. The molecule has 2 N–H and O–H groups in total. The molecular formula is C18H22IN3OS. The minimum atomic E-state index is 0. The first kappa shape index (κ1) is 20.5. The summed E-state index contributed by atoms with van der Waals surface area (Å²) in [4.78, 5) is 5.78. The summed E-state index contributed by atoms with van der Waals surface area (Å²) in [6, 6.07) is 14.2. The molecule has 0 aliphatic carbocycles. The number of terminal acetylenes is 1. The zero-order valence-corrected chi connectivity index (χ0v) is 16.6. The van der Waals surface area contributed by atoms with E-state index in [1.165, 1.54) is 4.90 Å². The van der Waals surface area contributed by atoms with Crippen molar-refractivity contribution in [1.82, 2.24) is 10.6 Å². The molecule has 0 spiro atoms. The van der Waals surface area contributed by atoms with E-state index in [0.717, 1.165) is 30.4 Å². The molecule has 0 amide bonds. The smallest absolute Gasteiger partial charge is 0.192 e. The van der Waals surface area contributed by atoms with E-state index < -0.39 is 0 Å². The lowest BCUT2D eigenvalue weighted by molar-refractivity contribution is 0.511. The lowest BCUT2D eigenvalue weighted by atomic mass is 10.3. The van der Waals surface area contributed by atoms with Gasteiger partial charge in [0.25, 0.3) is 0 Å². The zero-order valence-electron chi connectivity index (χ0n) is 13.4. The molecule has 0 aliphatic rings.